The lowest BCUT2D eigenvalue weighted by atomic mass is 9.73. The number of hydrogen-bond acceptors (Lipinski definition) is 5. The fraction of sp³-hybridized carbons (Fsp3) is 0.667. The van der Waals surface area contributed by atoms with Gasteiger partial charge in [0.1, 0.15) is 11.4 Å². The van der Waals surface area contributed by atoms with E-state index in [1.165, 1.54) is 31.2 Å². The standard InChI is InChI=1S/C23H34N2O3.CH2O2/c1-23(2,28-4)22(26)24-13-16-12-18(15-24)21-7-5-6-20(25(21)14-16)17-8-10-19(27-3)11-9-17;2-1-3/h8-11,16,18,20-21H,5-7,12-15H2,1-4H3;1H,(H,2,3)/t16-,18+,20+,21-;/m0./s1. The molecule has 4 rings (SSSR count). The summed E-state index contributed by atoms with van der Waals surface area (Å²) >= 11 is 0. The normalized spacial score (nSPS) is 28.1. The molecule has 1 N–H and O–H groups in total. The third kappa shape index (κ3) is 5.04. The summed E-state index contributed by atoms with van der Waals surface area (Å²) < 4.78 is 10.8. The number of ether oxygens (including phenoxy) is 2. The van der Waals surface area contributed by atoms with Crippen LogP contribution in [0.25, 0.3) is 0 Å². The predicted octanol–water partition coefficient (Wildman–Crippen LogP) is 3.19. The van der Waals surface area contributed by atoms with Crippen LogP contribution in [0.15, 0.2) is 24.3 Å². The van der Waals surface area contributed by atoms with Gasteiger partial charge in [0, 0.05) is 38.8 Å². The van der Waals surface area contributed by atoms with Gasteiger partial charge in [-0.1, -0.05) is 12.1 Å². The number of carboxylic acid groups (broad SMARTS) is 1. The molecule has 0 spiro atoms. The van der Waals surface area contributed by atoms with Gasteiger partial charge in [0.2, 0.25) is 0 Å². The van der Waals surface area contributed by atoms with Gasteiger partial charge in [-0.15, -0.1) is 0 Å². The number of hydrogen-bond donors (Lipinski definition) is 1. The van der Waals surface area contributed by atoms with Crippen molar-refractivity contribution < 1.29 is 24.2 Å². The lowest BCUT2D eigenvalue weighted by Crippen LogP contribution is -2.62. The number of carbonyl (C=O) groups is 2. The van der Waals surface area contributed by atoms with E-state index in [9.17, 15) is 4.79 Å². The highest BCUT2D eigenvalue weighted by Gasteiger charge is 2.47. The summed E-state index contributed by atoms with van der Waals surface area (Å²) in [6.07, 6.45) is 4.99. The molecule has 0 aliphatic carbocycles. The Kier molecular flexibility index (Phi) is 7.59. The molecule has 2 bridgehead atoms. The molecule has 3 aliphatic rings. The number of carbonyl (C=O) groups excluding carboxylic acids is 1. The molecule has 7 heteroatoms. The summed E-state index contributed by atoms with van der Waals surface area (Å²) in [5.74, 6) is 2.19. The summed E-state index contributed by atoms with van der Waals surface area (Å²) in [7, 11) is 3.35. The Bertz CT molecular complexity index is 751. The quantitative estimate of drug-likeness (QED) is 0.736. The van der Waals surface area contributed by atoms with Gasteiger partial charge in [-0.25, -0.2) is 0 Å². The van der Waals surface area contributed by atoms with E-state index in [1.807, 2.05) is 13.8 Å². The Morgan fingerprint density at radius 3 is 2.42 bits per heavy atom. The van der Waals surface area contributed by atoms with E-state index < -0.39 is 5.60 Å². The Morgan fingerprint density at radius 1 is 1.13 bits per heavy atom. The van der Waals surface area contributed by atoms with Crippen LogP contribution in [0.4, 0.5) is 0 Å². The van der Waals surface area contributed by atoms with Crippen LogP contribution in [-0.2, 0) is 14.3 Å². The van der Waals surface area contributed by atoms with Gasteiger partial charge in [0.25, 0.3) is 12.4 Å². The second-order valence-corrected chi connectivity index (χ2v) is 9.38. The Morgan fingerprint density at radius 2 is 1.81 bits per heavy atom. The zero-order valence-electron chi connectivity index (χ0n) is 19.1. The van der Waals surface area contributed by atoms with Crippen LogP contribution < -0.4 is 4.74 Å². The molecule has 7 nitrogen and oxygen atoms in total. The maximum atomic E-state index is 13.0. The van der Waals surface area contributed by atoms with Crippen molar-refractivity contribution in [1.82, 2.24) is 9.80 Å². The van der Waals surface area contributed by atoms with Crippen molar-refractivity contribution >= 4 is 12.4 Å². The number of fused-ring (bicyclic) bond motifs is 4. The molecule has 3 heterocycles. The molecule has 0 aromatic heterocycles. The summed E-state index contributed by atoms with van der Waals surface area (Å²) in [5.41, 5.74) is 0.669. The van der Waals surface area contributed by atoms with E-state index in [2.05, 4.69) is 34.1 Å². The zero-order chi connectivity index (χ0) is 22.6. The first-order valence-corrected chi connectivity index (χ1v) is 11.2. The Hall–Kier alpha value is -2.12. The fourth-order valence-electron chi connectivity index (χ4n) is 5.63. The summed E-state index contributed by atoms with van der Waals surface area (Å²) in [6, 6.07) is 9.69. The lowest BCUT2D eigenvalue weighted by molar-refractivity contribution is -0.158. The van der Waals surface area contributed by atoms with Crippen molar-refractivity contribution in [2.45, 2.75) is 57.2 Å². The van der Waals surface area contributed by atoms with Gasteiger partial charge in [-0.05, 0) is 69.1 Å². The van der Waals surface area contributed by atoms with Gasteiger partial charge in [0.05, 0.1) is 7.11 Å². The van der Waals surface area contributed by atoms with Crippen LogP contribution in [0.1, 0.15) is 51.1 Å². The molecule has 172 valence electrons. The van der Waals surface area contributed by atoms with Gasteiger partial charge >= 0.3 is 0 Å². The summed E-state index contributed by atoms with van der Waals surface area (Å²) in [5, 5.41) is 6.89. The molecule has 3 saturated heterocycles. The average Bonchev–Trinajstić information content (AvgIpc) is 2.78. The monoisotopic (exact) mass is 432 g/mol. The Labute approximate surface area is 185 Å². The second kappa shape index (κ2) is 10.0. The van der Waals surface area contributed by atoms with Crippen LogP contribution in [0.2, 0.25) is 0 Å². The molecule has 3 fully saturated rings. The van der Waals surface area contributed by atoms with Crippen molar-refractivity contribution in [3.8, 4) is 5.75 Å². The highest BCUT2D eigenvalue weighted by molar-refractivity contribution is 5.84. The second-order valence-electron chi connectivity index (χ2n) is 9.38. The summed E-state index contributed by atoms with van der Waals surface area (Å²) in [4.78, 5) is 26.2. The van der Waals surface area contributed by atoms with E-state index >= 15 is 0 Å². The van der Waals surface area contributed by atoms with Crippen molar-refractivity contribution in [2.75, 3.05) is 33.9 Å². The molecule has 4 atom stereocenters. The van der Waals surface area contributed by atoms with Crippen LogP contribution in [-0.4, -0.2) is 72.8 Å². The maximum Gasteiger partial charge on any atom is 0.290 e. The van der Waals surface area contributed by atoms with E-state index in [4.69, 9.17) is 19.4 Å². The topological polar surface area (TPSA) is 79.3 Å². The smallest absolute Gasteiger partial charge is 0.290 e. The predicted molar refractivity (Wildman–Crippen MR) is 118 cm³/mol. The molecular weight excluding hydrogens is 396 g/mol. The zero-order valence-corrected chi connectivity index (χ0v) is 19.1. The molecule has 1 amide bonds. The molecule has 0 unspecified atom stereocenters. The maximum absolute atomic E-state index is 13.0. The van der Waals surface area contributed by atoms with Crippen LogP contribution >= 0.6 is 0 Å². The van der Waals surface area contributed by atoms with Crippen molar-refractivity contribution in [3.63, 3.8) is 0 Å². The first kappa shape index (κ1) is 23.5. The van der Waals surface area contributed by atoms with E-state index in [1.54, 1.807) is 14.2 Å². The van der Waals surface area contributed by atoms with Crippen LogP contribution in [0.5, 0.6) is 5.75 Å². The lowest BCUT2D eigenvalue weighted by Gasteiger charge is -2.55. The minimum Gasteiger partial charge on any atom is -0.497 e. The van der Waals surface area contributed by atoms with Gasteiger partial charge in [0.15, 0.2) is 0 Å². The first-order chi connectivity index (χ1) is 14.8. The summed E-state index contributed by atoms with van der Waals surface area (Å²) in [6.45, 7) is 6.34. The molecule has 0 radical (unpaired) electrons. The molecule has 1 aromatic rings. The molecular formula is C24H36N2O5. The van der Waals surface area contributed by atoms with Crippen LogP contribution in [0.3, 0.4) is 0 Å². The number of benzene rings is 1. The number of nitrogens with zero attached hydrogens (tertiary/aromatic N) is 2. The van der Waals surface area contributed by atoms with Crippen molar-refractivity contribution in [1.29, 1.82) is 0 Å². The van der Waals surface area contributed by atoms with Crippen LogP contribution in [0, 0.1) is 11.8 Å². The number of rotatable bonds is 4. The number of likely N-dealkylation sites (tertiary alicyclic amines) is 1. The van der Waals surface area contributed by atoms with E-state index in [0.717, 1.165) is 25.4 Å². The third-order valence-electron chi connectivity index (χ3n) is 7.20. The third-order valence-corrected chi connectivity index (χ3v) is 7.20. The van der Waals surface area contributed by atoms with Gasteiger partial charge in [-0.3, -0.25) is 14.5 Å². The molecule has 0 saturated carbocycles. The molecule has 1 aromatic carbocycles. The first-order valence-electron chi connectivity index (χ1n) is 11.2. The Balaban J connectivity index is 0.000000858. The van der Waals surface area contributed by atoms with Crippen molar-refractivity contribution in [3.05, 3.63) is 29.8 Å². The average molecular weight is 433 g/mol. The minimum absolute atomic E-state index is 0.140. The molecule has 31 heavy (non-hydrogen) atoms. The number of amides is 1. The van der Waals surface area contributed by atoms with E-state index in [0.29, 0.717) is 23.9 Å². The fourth-order valence-corrected chi connectivity index (χ4v) is 5.63. The number of methoxy groups -OCH3 is 2. The largest absolute Gasteiger partial charge is 0.497 e. The SMILES string of the molecule is COc1ccc([C@H]2CCC[C@H]3[C@@H]4C[C@@H](CN(C(=O)C(C)(C)OC)C4)CN23)cc1.O=CO. The van der Waals surface area contributed by atoms with Gasteiger partial charge < -0.3 is 19.5 Å². The van der Waals surface area contributed by atoms with E-state index in [-0.39, 0.29) is 12.4 Å². The van der Waals surface area contributed by atoms with Gasteiger partial charge in [-0.2, -0.15) is 0 Å². The highest BCUT2D eigenvalue weighted by atomic mass is 16.5. The highest BCUT2D eigenvalue weighted by Crippen LogP contribution is 2.44. The van der Waals surface area contributed by atoms with Crippen molar-refractivity contribution in [2.24, 2.45) is 11.8 Å². The minimum atomic E-state index is -0.733. The molecule has 3 aliphatic heterocycles. The number of piperidine rings is 3.